The summed E-state index contributed by atoms with van der Waals surface area (Å²) in [7, 11) is 2.03. The Kier molecular flexibility index (Phi) is 6.74. The molecule has 116 valence electrons. The summed E-state index contributed by atoms with van der Waals surface area (Å²) in [5.41, 5.74) is 1.85. The molecule has 1 aromatic carbocycles. The molecule has 0 radical (unpaired) electrons. The van der Waals surface area contributed by atoms with Gasteiger partial charge in [0.25, 0.3) is 0 Å². The van der Waals surface area contributed by atoms with Crippen LogP contribution in [0.1, 0.15) is 57.8 Å². The fourth-order valence-corrected chi connectivity index (χ4v) is 2.74. The molecule has 1 unspecified atom stereocenters. The summed E-state index contributed by atoms with van der Waals surface area (Å²) in [6, 6.07) is 8.44. The standard InChI is InChI=1S/C18H28N2O/c1-3-4-5-6-7-8-11-15(19-2)14-18-20-16-12-9-10-13-17(16)21-18/h9-10,12-13,15,19H,3-8,11,14H2,1-2H3. The Morgan fingerprint density at radius 1 is 1.10 bits per heavy atom. The van der Waals surface area contributed by atoms with Crippen LogP contribution in [0.25, 0.3) is 11.1 Å². The first-order valence-electron chi connectivity index (χ1n) is 8.35. The number of nitrogens with one attached hydrogen (secondary N) is 1. The second-order valence-corrected chi connectivity index (χ2v) is 5.82. The number of benzene rings is 1. The Morgan fingerprint density at radius 2 is 1.86 bits per heavy atom. The van der Waals surface area contributed by atoms with Crippen molar-refractivity contribution in [3.63, 3.8) is 0 Å². The first-order chi connectivity index (χ1) is 10.3. The summed E-state index contributed by atoms with van der Waals surface area (Å²) in [6.45, 7) is 2.26. The van der Waals surface area contributed by atoms with Crippen LogP contribution in [0.15, 0.2) is 28.7 Å². The zero-order chi connectivity index (χ0) is 14.9. The van der Waals surface area contributed by atoms with Crippen molar-refractivity contribution in [1.29, 1.82) is 0 Å². The van der Waals surface area contributed by atoms with E-state index in [9.17, 15) is 0 Å². The van der Waals surface area contributed by atoms with Crippen LogP contribution in [-0.4, -0.2) is 18.1 Å². The van der Waals surface area contributed by atoms with Gasteiger partial charge in [-0.05, 0) is 25.6 Å². The number of fused-ring (bicyclic) bond motifs is 1. The van der Waals surface area contributed by atoms with Gasteiger partial charge in [-0.15, -0.1) is 0 Å². The molecule has 3 nitrogen and oxygen atoms in total. The number of unbranched alkanes of at least 4 members (excludes halogenated alkanes) is 5. The number of nitrogens with zero attached hydrogens (tertiary/aromatic N) is 1. The quantitative estimate of drug-likeness (QED) is 0.643. The lowest BCUT2D eigenvalue weighted by Gasteiger charge is -2.13. The molecule has 0 aliphatic carbocycles. The van der Waals surface area contributed by atoms with Gasteiger partial charge >= 0.3 is 0 Å². The van der Waals surface area contributed by atoms with E-state index in [1.165, 1.54) is 44.9 Å². The van der Waals surface area contributed by atoms with E-state index in [-0.39, 0.29) is 0 Å². The van der Waals surface area contributed by atoms with E-state index in [1.807, 2.05) is 31.3 Å². The van der Waals surface area contributed by atoms with E-state index in [0.29, 0.717) is 6.04 Å². The molecule has 0 saturated heterocycles. The number of hydrogen-bond acceptors (Lipinski definition) is 3. The van der Waals surface area contributed by atoms with Crippen LogP contribution in [0.5, 0.6) is 0 Å². The van der Waals surface area contributed by atoms with E-state index in [0.717, 1.165) is 23.4 Å². The number of aromatic nitrogens is 1. The fourth-order valence-electron chi connectivity index (χ4n) is 2.74. The summed E-state index contributed by atoms with van der Waals surface area (Å²) in [5, 5.41) is 3.40. The molecule has 2 aromatic rings. The van der Waals surface area contributed by atoms with Gasteiger partial charge < -0.3 is 9.73 Å². The van der Waals surface area contributed by atoms with Crippen LogP contribution in [0, 0.1) is 0 Å². The van der Waals surface area contributed by atoms with Gasteiger partial charge in [-0.1, -0.05) is 57.6 Å². The predicted molar refractivity (Wildman–Crippen MR) is 88.6 cm³/mol. The lowest BCUT2D eigenvalue weighted by molar-refractivity contribution is 0.430. The van der Waals surface area contributed by atoms with E-state index >= 15 is 0 Å². The Balaban J connectivity index is 1.76. The maximum atomic E-state index is 5.81. The third kappa shape index (κ3) is 5.16. The van der Waals surface area contributed by atoms with Crippen LogP contribution < -0.4 is 5.32 Å². The summed E-state index contributed by atoms with van der Waals surface area (Å²) in [4.78, 5) is 4.56. The van der Waals surface area contributed by atoms with E-state index in [1.54, 1.807) is 0 Å². The highest BCUT2D eigenvalue weighted by Crippen LogP contribution is 2.17. The second-order valence-electron chi connectivity index (χ2n) is 5.82. The highest BCUT2D eigenvalue weighted by atomic mass is 16.3. The minimum absolute atomic E-state index is 0.462. The molecular formula is C18H28N2O. The highest BCUT2D eigenvalue weighted by molar-refractivity contribution is 5.72. The third-order valence-corrected chi connectivity index (χ3v) is 4.07. The van der Waals surface area contributed by atoms with Crippen molar-refractivity contribution >= 4 is 11.1 Å². The van der Waals surface area contributed by atoms with Crippen LogP contribution in [-0.2, 0) is 6.42 Å². The van der Waals surface area contributed by atoms with E-state index in [2.05, 4.69) is 17.2 Å². The lowest BCUT2D eigenvalue weighted by Crippen LogP contribution is -2.27. The van der Waals surface area contributed by atoms with Crippen molar-refractivity contribution < 1.29 is 4.42 Å². The zero-order valence-electron chi connectivity index (χ0n) is 13.4. The third-order valence-electron chi connectivity index (χ3n) is 4.07. The van der Waals surface area contributed by atoms with Crippen LogP contribution in [0.3, 0.4) is 0 Å². The largest absolute Gasteiger partial charge is 0.441 e. The molecule has 0 aliphatic heterocycles. The molecule has 0 aliphatic rings. The molecule has 1 atom stereocenters. The molecule has 1 N–H and O–H groups in total. The SMILES string of the molecule is CCCCCCCCC(Cc1nc2ccccc2o1)NC. The monoisotopic (exact) mass is 288 g/mol. The molecule has 0 fully saturated rings. The van der Waals surface area contributed by atoms with Gasteiger partial charge in [0.05, 0.1) is 0 Å². The van der Waals surface area contributed by atoms with E-state index < -0.39 is 0 Å². The van der Waals surface area contributed by atoms with Crippen LogP contribution >= 0.6 is 0 Å². The van der Waals surface area contributed by atoms with Gasteiger partial charge in [0.2, 0.25) is 0 Å². The lowest BCUT2D eigenvalue weighted by atomic mass is 10.0. The van der Waals surface area contributed by atoms with Crippen molar-refractivity contribution in [2.75, 3.05) is 7.05 Å². The average molecular weight is 288 g/mol. The van der Waals surface area contributed by atoms with Crippen molar-refractivity contribution in [3.8, 4) is 0 Å². The predicted octanol–water partition coefficient (Wildman–Crippen LogP) is 4.71. The fraction of sp³-hybridized carbons (Fsp3) is 0.611. The molecule has 1 aromatic heterocycles. The molecule has 0 saturated carbocycles. The van der Waals surface area contributed by atoms with Gasteiger partial charge in [0.1, 0.15) is 5.52 Å². The maximum absolute atomic E-state index is 5.81. The van der Waals surface area contributed by atoms with Gasteiger partial charge in [0.15, 0.2) is 11.5 Å². The second kappa shape index (κ2) is 8.83. The van der Waals surface area contributed by atoms with Gasteiger partial charge in [-0.2, -0.15) is 0 Å². The Labute approximate surface area is 128 Å². The molecule has 21 heavy (non-hydrogen) atoms. The van der Waals surface area contributed by atoms with Gasteiger partial charge in [-0.25, -0.2) is 4.98 Å². The van der Waals surface area contributed by atoms with Crippen molar-refractivity contribution in [2.45, 2.75) is 64.3 Å². The minimum atomic E-state index is 0.462. The molecule has 1 heterocycles. The Morgan fingerprint density at radius 3 is 2.62 bits per heavy atom. The van der Waals surface area contributed by atoms with Crippen LogP contribution in [0.4, 0.5) is 0 Å². The van der Waals surface area contributed by atoms with Crippen molar-refractivity contribution in [2.24, 2.45) is 0 Å². The van der Waals surface area contributed by atoms with Gasteiger partial charge in [0, 0.05) is 12.5 Å². The number of hydrogen-bond donors (Lipinski definition) is 1. The van der Waals surface area contributed by atoms with E-state index in [4.69, 9.17) is 4.42 Å². The molecular weight excluding hydrogens is 260 g/mol. The smallest absolute Gasteiger partial charge is 0.197 e. The summed E-state index contributed by atoms with van der Waals surface area (Å²) in [6.07, 6.45) is 10.1. The molecule has 0 amide bonds. The molecule has 3 heteroatoms. The normalized spacial score (nSPS) is 12.9. The molecule has 0 spiro atoms. The van der Waals surface area contributed by atoms with Crippen LogP contribution in [0.2, 0.25) is 0 Å². The molecule has 2 rings (SSSR count). The maximum Gasteiger partial charge on any atom is 0.197 e. The Hall–Kier alpha value is -1.35. The highest BCUT2D eigenvalue weighted by Gasteiger charge is 2.12. The number of rotatable bonds is 10. The van der Waals surface area contributed by atoms with Gasteiger partial charge in [-0.3, -0.25) is 0 Å². The zero-order valence-corrected chi connectivity index (χ0v) is 13.4. The average Bonchev–Trinajstić information content (AvgIpc) is 2.91. The Bertz CT molecular complexity index is 488. The van der Waals surface area contributed by atoms with Crippen molar-refractivity contribution in [3.05, 3.63) is 30.2 Å². The topological polar surface area (TPSA) is 38.1 Å². The summed E-state index contributed by atoms with van der Waals surface area (Å²) < 4.78 is 5.81. The first kappa shape index (κ1) is 16.0. The first-order valence-corrected chi connectivity index (χ1v) is 8.35. The molecule has 0 bridgehead atoms. The summed E-state index contributed by atoms with van der Waals surface area (Å²) in [5.74, 6) is 0.849. The summed E-state index contributed by atoms with van der Waals surface area (Å²) >= 11 is 0. The minimum Gasteiger partial charge on any atom is -0.441 e. The number of oxazole rings is 1. The number of likely N-dealkylation sites (N-methyl/N-ethyl adjacent to an activating group) is 1. The van der Waals surface area contributed by atoms with Crippen molar-refractivity contribution in [1.82, 2.24) is 10.3 Å². The number of para-hydroxylation sites is 2.